The van der Waals surface area contributed by atoms with Crippen molar-refractivity contribution in [2.24, 2.45) is 0 Å². The zero-order valence-corrected chi connectivity index (χ0v) is 13.5. The Labute approximate surface area is 142 Å². The van der Waals surface area contributed by atoms with Gasteiger partial charge in [0, 0.05) is 16.8 Å². The second-order valence-corrected chi connectivity index (χ2v) is 5.53. The van der Waals surface area contributed by atoms with Crippen LogP contribution in [0.4, 0.5) is 17.1 Å². The van der Waals surface area contributed by atoms with E-state index in [4.69, 9.17) is 11.5 Å². The second-order valence-electron chi connectivity index (χ2n) is 5.53. The molecule has 1 heterocycles. The van der Waals surface area contributed by atoms with Gasteiger partial charge in [-0.05, 0) is 19.9 Å². The molecule has 8 nitrogen and oxygen atoms in total. The number of hydrogen-bond acceptors (Lipinski definition) is 7. The summed E-state index contributed by atoms with van der Waals surface area (Å²) in [6, 6.07) is 5.57. The Morgan fingerprint density at radius 2 is 1.64 bits per heavy atom. The van der Waals surface area contributed by atoms with Gasteiger partial charge in [-0.1, -0.05) is 0 Å². The van der Waals surface area contributed by atoms with Gasteiger partial charge in [0.2, 0.25) is 6.41 Å². The number of anilines is 3. The van der Waals surface area contributed by atoms with Crippen LogP contribution in [0.5, 0.6) is 0 Å². The summed E-state index contributed by atoms with van der Waals surface area (Å²) in [6.07, 6.45) is 0.529. The summed E-state index contributed by atoms with van der Waals surface area (Å²) in [5.41, 5.74) is 16.0. The summed E-state index contributed by atoms with van der Waals surface area (Å²) in [7, 11) is 0. The molecule has 3 rings (SSSR count). The van der Waals surface area contributed by atoms with Crippen molar-refractivity contribution in [2.45, 2.75) is 13.8 Å². The van der Waals surface area contributed by atoms with Crippen molar-refractivity contribution in [3.63, 3.8) is 0 Å². The number of amides is 1. The number of nitriles is 2. The van der Waals surface area contributed by atoms with Gasteiger partial charge in [0.05, 0.1) is 28.0 Å². The minimum atomic E-state index is 0.129. The summed E-state index contributed by atoms with van der Waals surface area (Å²) in [5, 5.41) is 21.4. The first-order valence-corrected chi connectivity index (χ1v) is 7.27. The van der Waals surface area contributed by atoms with E-state index in [2.05, 4.69) is 15.3 Å². The van der Waals surface area contributed by atoms with Crippen molar-refractivity contribution in [3.8, 4) is 12.1 Å². The van der Waals surface area contributed by atoms with E-state index in [-0.39, 0.29) is 22.5 Å². The number of aromatic nitrogens is 2. The molecule has 25 heavy (non-hydrogen) atoms. The van der Waals surface area contributed by atoms with E-state index in [9.17, 15) is 15.3 Å². The number of benzene rings is 2. The number of carbonyl (C=O) groups excluding carboxylic acids is 1. The molecular formula is C17H13N7O. The van der Waals surface area contributed by atoms with Crippen molar-refractivity contribution in [1.82, 2.24) is 9.97 Å². The molecule has 5 N–H and O–H groups in total. The number of rotatable bonds is 2. The van der Waals surface area contributed by atoms with Gasteiger partial charge in [0.1, 0.15) is 28.7 Å². The maximum absolute atomic E-state index is 10.8. The topological polar surface area (TPSA) is 154 Å². The van der Waals surface area contributed by atoms with Gasteiger partial charge in [0.25, 0.3) is 0 Å². The molecule has 0 spiro atoms. The minimum Gasteiger partial charge on any atom is -0.397 e. The van der Waals surface area contributed by atoms with E-state index < -0.39 is 0 Å². The van der Waals surface area contributed by atoms with Gasteiger partial charge in [0.15, 0.2) is 0 Å². The van der Waals surface area contributed by atoms with E-state index in [0.717, 1.165) is 0 Å². The average molecular weight is 331 g/mol. The summed E-state index contributed by atoms with van der Waals surface area (Å²) in [5.74, 6) is 0. The van der Waals surface area contributed by atoms with Gasteiger partial charge in [-0.3, -0.25) is 4.79 Å². The summed E-state index contributed by atoms with van der Waals surface area (Å²) >= 11 is 0. The zero-order chi connectivity index (χ0) is 18.3. The van der Waals surface area contributed by atoms with Gasteiger partial charge in [-0.25, -0.2) is 9.97 Å². The maximum atomic E-state index is 10.8. The highest BCUT2D eigenvalue weighted by molar-refractivity contribution is 6.02. The number of carbonyl (C=O) groups is 1. The lowest BCUT2D eigenvalue weighted by Gasteiger charge is -2.14. The molecule has 1 amide bonds. The van der Waals surface area contributed by atoms with Gasteiger partial charge in [-0.2, -0.15) is 10.5 Å². The second kappa shape index (κ2) is 5.62. The minimum absolute atomic E-state index is 0.129. The normalized spacial score (nSPS) is 10.4. The molecular weight excluding hydrogens is 318 g/mol. The van der Waals surface area contributed by atoms with E-state index >= 15 is 0 Å². The first-order chi connectivity index (χ1) is 11.9. The van der Waals surface area contributed by atoms with Crippen LogP contribution in [0.3, 0.4) is 0 Å². The van der Waals surface area contributed by atoms with E-state index in [0.29, 0.717) is 45.3 Å². The molecule has 8 heteroatoms. The smallest absolute Gasteiger partial charge is 0.211 e. The van der Waals surface area contributed by atoms with Crippen LogP contribution >= 0.6 is 0 Å². The third kappa shape index (κ3) is 2.17. The molecule has 0 aliphatic carbocycles. The van der Waals surface area contributed by atoms with Crippen molar-refractivity contribution >= 4 is 45.5 Å². The average Bonchev–Trinajstić information content (AvgIpc) is 2.62. The first-order valence-electron chi connectivity index (χ1n) is 7.27. The molecule has 0 saturated carbocycles. The van der Waals surface area contributed by atoms with Crippen molar-refractivity contribution in [2.75, 3.05) is 16.8 Å². The lowest BCUT2D eigenvalue weighted by molar-refractivity contribution is -0.105. The lowest BCUT2D eigenvalue weighted by atomic mass is 10.0. The molecule has 122 valence electrons. The predicted molar refractivity (Wildman–Crippen MR) is 94.5 cm³/mol. The Morgan fingerprint density at radius 1 is 1.00 bits per heavy atom. The van der Waals surface area contributed by atoms with Crippen LogP contribution < -0.4 is 16.8 Å². The van der Waals surface area contributed by atoms with Crippen LogP contribution in [-0.4, -0.2) is 16.4 Å². The largest absolute Gasteiger partial charge is 0.397 e. The summed E-state index contributed by atoms with van der Waals surface area (Å²) < 4.78 is 0. The summed E-state index contributed by atoms with van der Waals surface area (Å²) in [4.78, 5) is 19.9. The van der Waals surface area contributed by atoms with E-state index in [1.165, 1.54) is 6.07 Å². The predicted octanol–water partition coefficient (Wildman–Crippen LogP) is 1.88. The molecule has 1 aromatic heterocycles. The number of nitrogen functional groups attached to an aromatic ring is 2. The number of nitrogens with one attached hydrogen (secondary N) is 1. The Balaban J connectivity index is 2.60. The fraction of sp³-hybridized carbons (Fsp3) is 0.118. The standard InChI is InChI=1S/C17H13N7O/c1-7-11(22-6-25)3-9(4-18)16-14(7)23-15-8(2)12(20)13(21)10(5-19)17(15)24-16/h3,6H,20-21H2,1-2H3,(H,22,25). The number of hydrogen-bond donors (Lipinski definition) is 3. The number of nitrogens with two attached hydrogens (primary N) is 2. The third-order valence-corrected chi connectivity index (χ3v) is 4.20. The van der Waals surface area contributed by atoms with Gasteiger partial charge < -0.3 is 16.8 Å². The highest BCUT2D eigenvalue weighted by atomic mass is 16.1. The monoisotopic (exact) mass is 331 g/mol. The molecule has 0 fully saturated rings. The fourth-order valence-electron chi connectivity index (χ4n) is 2.77. The molecule has 3 aromatic rings. The number of fused-ring (bicyclic) bond motifs is 2. The van der Waals surface area contributed by atoms with E-state index in [1.807, 2.05) is 12.1 Å². The molecule has 0 atom stereocenters. The van der Waals surface area contributed by atoms with Crippen molar-refractivity contribution in [3.05, 3.63) is 28.3 Å². The highest BCUT2D eigenvalue weighted by Crippen LogP contribution is 2.35. The van der Waals surface area contributed by atoms with Gasteiger partial charge in [-0.15, -0.1) is 0 Å². The molecule has 0 aliphatic heterocycles. The van der Waals surface area contributed by atoms with Crippen molar-refractivity contribution in [1.29, 1.82) is 10.5 Å². The zero-order valence-electron chi connectivity index (χ0n) is 13.5. The SMILES string of the molecule is Cc1c(NC=O)cc(C#N)c2nc3c(C#N)c(N)c(N)c(C)c3nc12. The fourth-order valence-corrected chi connectivity index (χ4v) is 2.77. The van der Waals surface area contributed by atoms with Crippen molar-refractivity contribution < 1.29 is 4.79 Å². The Kier molecular flexibility index (Phi) is 3.59. The molecule has 0 unspecified atom stereocenters. The Morgan fingerprint density at radius 3 is 2.24 bits per heavy atom. The molecule has 0 radical (unpaired) electrons. The van der Waals surface area contributed by atoms with Crippen LogP contribution in [-0.2, 0) is 4.79 Å². The molecule has 0 saturated heterocycles. The summed E-state index contributed by atoms with van der Waals surface area (Å²) in [6.45, 7) is 3.50. The van der Waals surface area contributed by atoms with Gasteiger partial charge >= 0.3 is 0 Å². The molecule has 0 aliphatic rings. The molecule has 2 aromatic carbocycles. The lowest BCUT2D eigenvalue weighted by Crippen LogP contribution is -2.06. The Hall–Kier alpha value is -3.91. The number of aryl methyl sites for hydroxylation is 2. The third-order valence-electron chi connectivity index (χ3n) is 4.20. The maximum Gasteiger partial charge on any atom is 0.211 e. The van der Waals surface area contributed by atoms with Crippen LogP contribution in [0, 0.1) is 36.5 Å². The Bertz CT molecular complexity index is 1150. The van der Waals surface area contributed by atoms with E-state index in [1.54, 1.807) is 13.8 Å². The first kappa shape index (κ1) is 16.0. The van der Waals surface area contributed by atoms with Crippen LogP contribution in [0.1, 0.15) is 22.3 Å². The quantitative estimate of drug-likeness (QED) is 0.368. The number of nitrogens with zero attached hydrogens (tertiary/aromatic N) is 4. The van der Waals surface area contributed by atoms with Crippen LogP contribution in [0.15, 0.2) is 6.07 Å². The van der Waals surface area contributed by atoms with Crippen LogP contribution in [0.2, 0.25) is 0 Å². The molecule has 0 bridgehead atoms. The highest BCUT2D eigenvalue weighted by Gasteiger charge is 2.19. The van der Waals surface area contributed by atoms with Crippen LogP contribution in [0.25, 0.3) is 22.1 Å².